The van der Waals surface area contributed by atoms with Crippen molar-refractivity contribution in [1.82, 2.24) is 15.5 Å². The Morgan fingerprint density at radius 3 is 2.90 bits per heavy atom. The van der Waals surface area contributed by atoms with E-state index in [1.165, 1.54) is 17.5 Å². The summed E-state index contributed by atoms with van der Waals surface area (Å²) in [6, 6.07) is 10.9. The molecule has 1 aliphatic carbocycles. The van der Waals surface area contributed by atoms with Gasteiger partial charge >= 0.3 is 0 Å². The molecule has 4 nitrogen and oxygen atoms in total. The molecule has 1 aromatic carbocycles. The second kappa shape index (κ2) is 6.20. The van der Waals surface area contributed by atoms with Crippen LogP contribution < -0.4 is 5.32 Å². The highest BCUT2D eigenvalue weighted by atomic mass is 16.5. The third kappa shape index (κ3) is 2.92. The largest absolute Gasteiger partial charge is 0.381 e. The zero-order chi connectivity index (χ0) is 13.8. The van der Waals surface area contributed by atoms with Gasteiger partial charge in [0.2, 0.25) is 0 Å². The molecule has 1 saturated carbocycles. The Kier molecular flexibility index (Phi) is 4.14. The predicted octanol–water partition coefficient (Wildman–Crippen LogP) is 2.73. The van der Waals surface area contributed by atoms with Crippen LogP contribution in [-0.2, 0) is 11.3 Å². The third-order valence-corrected chi connectivity index (χ3v) is 4.08. The first-order valence-corrected chi connectivity index (χ1v) is 7.20. The van der Waals surface area contributed by atoms with E-state index in [2.05, 4.69) is 27.6 Å². The van der Waals surface area contributed by atoms with Gasteiger partial charge in [-0.05, 0) is 24.8 Å². The number of nitrogens with one attached hydrogen (secondary N) is 2. The molecule has 0 bridgehead atoms. The van der Waals surface area contributed by atoms with Gasteiger partial charge in [0.1, 0.15) is 0 Å². The predicted molar refractivity (Wildman–Crippen MR) is 79.3 cm³/mol. The lowest BCUT2D eigenvalue weighted by Crippen LogP contribution is -2.26. The molecule has 1 fully saturated rings. The van der Waals surface area contributed by atoms with Gasteiger partial charge in [-0.25, -0.2) is 0 Å². The Labute approximate surface area is 119 Å². The van der Waals surface area contributed by atoms with Gasteiger partial charge in [-0.3, -0.25) is 5.10 Å². The lowest BCUT2D eigenvalue weighted by Gasteiger charge is -2.13. The average molecular weight is 271 g/mol. The molecule has 0 spiro atoms. The molecule has 0 saturated heterocycles. The molecule has 4 heteroatoms. The highest BCUT2D eigenvalue weighted by molar-refractivity contribution is 5.62. The number of nitrogens with zero attached hydrogens (tertiary/aromatic N) is 1. The molecule has 1 aliphatic rings. The minimum atomic E-state index is 0.422. The summed E-state index contributed by atoms with van der Waals surface area (Å²) in [7, 11) is 1.80. The van der Waals surface area contributed by atoms with Crippen LogP contribution in [0.4, 0.5) is 0 Å². The summed E-state index contributed by atoms with van der Waals surface area (Å²) in [4.78, 5) is 0. The van der Waals surface area contributed by atoms with Crippen LogP contribution in [0.5, 0.6) is 0 Å². The molecule has 2 N–H and O–H groups in total. The molecule has 0 radical (unpaired) electrons. The van der Waals surface area contributed by atoms with Crippen molar-refractivity contribution < 1.29 is 4.74 Å². The van der Waals surface area contributed by atoms with Crippen molar-refractivity contribution >= 4 is 0 Å². The van der Waals surface area contributed by atoms with Crippen molar-refractivity contribution in [2.45, 2.75) is 38.0 Å². The molecule has 1 aromatic heterocycles. The van der Waals surface area contributed by atoms with Crippen LogP contribution in [0.25, 0.3) is 11.3 Å². The van der Waals surface area contributed by atoms with Crippen molar-refractivity contribution in [2.75, 3.05) is 7.11 Å². The van der Waals surface area contributed by atoms with Crippen molar-refractivity contribution in [3.05, 3.63) is 42.1 Å². The maximum absolute atomic E-state index is 5.41. The number of methoxy groups -OCH3 is 1. The quantitative estimate of drug-likeness (QED) is 0.879. The minimum Gasteiger partial charge on any atom is -0.381 e. The molecule has 2 unspecified atom stereocenters. The standard InChI is InChI=1S/C16H21N3O/c1-20-15-8-7-14(9-15)17-10-13-11-18-19-16(13)12-5-3-2-4-6-12/h2-6,11,14-15,17H,7-10H2,1H3,(H,18,19). The number of benzene rings is 1. The molecular formula is C16H21N3O. The van der Waals surface area contributed by atoms with E-state index < -0.39 is 0 Å². The zero-order valence-electron chi connectivity index (χ0n) is 11.8. The number of ether oxygens (including phenoxy) is 1. The van der Waals surface area contributed by atoms with E-state index in [4.69, 9.17) is 4.74 Å². The summed E-state index contributed by atoms with van der Waals surface area (Å²) in [5.41, 5.74) is 3.51. The topological polar surface area (TPSA) is 49.9 Å². The van der Waals surface area contributed by atoms with E-state index in [0.717, 1.165) is 25.1 Å². The van der Waals surface area contributed by atoms with Gasteiger partial charge < -0.3 is 10.1 Å². The minimum absolute atomic E-state index is 0.422. The first kappa shape index (κ1) is 13.3. The van der Waals surface area contributed by atoms with Crippen LogP contribution in [0.2, 0.25) is 0 Å². The second-order valence-electron chi connectivity index (χ2n) is 5.38. The maximum atomic E-state index is 5.41. The number of aromatic nitrogens is 2. The fourth-order valence-electron chi connectivity index (χ4n) is 2.89. The van der Waals surface area contributed by atoms with E-state index in [-0.39, 0.29) is 0 Å². The lowest BCUT2D eigenvalue weighted by atomic mass is 10.1. The van der Waals surface area contributed by atoms with Crippen LogP contribution in [0.1, 0.15) is 24.8 Å². The summed E-state index contributed by atoms with van der Waals surface area (Å²) in [5.74, 6) is 0. The van der Waals surface area contributed by atoms with Gasteiger partial charge in [-0.2, -0.15) is 5.10 Å². The van der Waals surface area contributed by atoms with E-state index in [1.54, 1.807) is 7.11 Å². The summed E-state index contributed by atoms with van der Waals surface area (Å²) in [6.07, 6.45) is 5.79. The fourth-order valence-corrected chi connectivity index (χ4v) is 2.89. The zero-order valence-corrected chi connectivity index (χ0v) is 11.8. The lowest BCUT2D eigenvalue weighted by molar-refractivity contribution is 0.107. The molecule has 20 heavy (non-hydrogen) atoms. The Morgan fingerprint density at radius 1 is 1.30 bits per heavy atom. The second-order valence-corrected chi connectivity index (χ2v) is 5.38. The van der Waals surface area contributed by atoms with E-state index in [9.17, 15) is 0 Å². The molecular weight excluding hydrogens is 250 g/mol. The van der Waals surface area contributed by atoms with Crippen LogP contribution >= 0.6 is 0 Å². The monoisotopic (exact) mass is 271 g/mol. The molecule has 0 amide bonds. The van der Waals surface area contributed by atoms with E-state index in [1.807, 2.05) is 24.4 Å². The molecule has 106 valence electrons. The van der Waals surface area contributed by atoms with Gasteiger partial charge in [0.05, 0.1) is 18.0 Å². The Hall–Kier alpha value is -1.65. The van der Waals surface area contributed by atoms with Gasteiger partial charge in [-0.1, -0.05) is 30.3 Å². The van der Waals surface area contributed by atoms with E-state index in [0.29, 0.717) is 12.1 Å². The number of H-pyrrole nitrogens is 1. The number of aromatic amines is 1. The first-order valence-electron chi connectivity index (χ1n) is 7.20. The molecule has 3 rings (SSSR count). The third-order valence-electron chi connectivity index (χ3n) is 4.08. The summed E-state index contributed by atoms with van der Waals surface area (Å²) < 4.78 is 5.41. The van der Waals surface area contributed by atoms with Crippen molar-refractivity contribution in [3.8, 4) is 11.3 Å². The summed E-state index contributed by atoms with van der Waals surface area (Å²) in [6.45, 7) is 0.849. The van der Waals surface area contributed by atoms with Gasteiger partial charge in [-0.15, -0.1) is 0 Å². The van der Waals surface area contributed by atoms with Gasteiger partial charge in [0, 0.05) is 25.3 Å². The number of hydrogen-bond donors (Lipinski definition) is 2. The van der Waals surface area contributed by atoms with E-state index >= 15 is 0 Å². The van der Waals surface area contributed by atoms with Gasteiger partial charge in [0.25, 0.3) is 0 Å². The van der Waals surface area contributed by atoms with Crippen LogP contribution in [-0.4, -0.2) is 29.5 Å². The molecule has 1 heterocycles. The first-order chi connectivity index (χ1) is 9.86. The normalized spacial score (nSPS) is 22.2. The molecule has 2 atom stereocenters. The van der Waals surface area contributed by atoms with Crippen LogP contribution in [0.3, 0.4) is 0 Å². The number of hydrogen-bond acceptors (Lipinski definition) is 3. The Bertz CT molecular complexity index is 538. The summed E-state index contributed by atoms with van der Waals surface area (Å²) in [5, 5.41) is 10.9. The van der Waals surface area contributed by atoms with Gasteiger partial charge in [0.15, 0.2) is 0 Å². The fraction of sp³-hybridized carbons (Fsp3) is 0.438. The Balaban J connectivity index is 1.63. The van der Waals surface area contributed by atoms with Crippen LogP contribution in [0.15, 0.2) is 36.5 Å². The number of rotatable bonds is 5. The SMILES string of the molecule is COC1CCC(NCc2cn[nH]c2-c2ccccc2)C1. The van der Waals surface area contributed by atoms with Crippen molar-refractivity contribution in [1.29, 1.82) is 0 Å². The highest BCUT2D eigenvalue weighted by Gasteiger charge is 2.24. The maximum Gasteiger partial charge on any atom is 0.0695 e. The van der Waals surface area contributed by atoms with Crippen molar-refractivity contribution in [3.63, 3.8) is 0 Å². The Morgan fingerprint density at radius 2 is 2.15 bits per heavy atom. The smallest absolute Gasteiger partial charge is 0.0695 e. The van der Waals surface area contributed by atoms with Crippen molar-refractivity contribution in [2.24, 2.45) is 0 Å². The molecule has 2 aromatic rings. The highest BCUT2D eigenvalue weighted by Crippen LogP contribution is 2.24. The molecule has 0 aliphatic heterocycles. The average Bonchev–Trinajstić information content (AvgIpc) is 3.15. The van der Waals surface area contributed by atoms with Crippen LogP contribution in [0, 0.1) is 0 Å². The summed E-state index contributed by atoms with van der Waals surface area (Å²) >= 11 is 0.